The van der Waals surface area contributed by atoms with E-state index in [1.165, 1.54) is 37.8 Å². The molecule has 1 aliphatic rings. The van der Waals surface area contributed by atoms with Gasteiger partial charge in [-0.15, -0.1) is 0 Å². The van der Waals surface area contributed by atoms with Crippen LogP contribution in [0.15, 0.2) is 29.2 Å². The molecule has 1 aliphatic heterocycles. The van der Waals surface area contributed by atoms with E-state index in [2.05, 4.69) is 14.9 Å². The molecular weight excluding hydrogens is 362 g/mol. The summed E-state index contributed by atoms with van der Waals surface area (Å²) in [5, 5.41) is 2.92. The summed E-state index contributed by atoms with van der Waals surface area (Å²) >= 11 is 0. The Morgan fingerprint density at radius 2 is 1.74 bits per heavy atom. The molecule has 0 radical (unpaired) electrons. The van der Waals surface area contributed by atoms with E-state index in [0.717, 1.165) is 32.5 Å². The highest BCUT2D eigenvalue weighted by Gasteiger charge is 2.17. The minimum absolute atomic E-state index is 0.123. The number of carbonyl (C=O) groups is 1. The Bertz CT molecular complexity index is 681. The van der Waals surface area contributed by atoms with Crippen LogP contribution in [-0.2, 0) is 10.0 Å². The molecule has 0 aliphatic carbocycles. The average Bonchev–Trinajstić information content (AvgIpc) is 2.93. The summed E-state index contributed by atoms with van der Waals surface area (Å²) in [5.74, 6) is -0.162. The minimum Gasteiger partial charge on any atom is -0.352 e. The van der Waals surface area contributed by atoms with Crippen LogP contribution in [0.4, 0.5) is 0 Å². The minimum atomic E-state index is -3.54. The molecule has 1 saturated heterocycles. The molecule has 0 bridgehead atoms. The molecule has 7 heteroatoms. The molecule has 1 unspecified atom stereocenters. The lowest BCUT2D eigenvalue weighted by atomic mass is 10.2. The van der Waals surface area contributed by atoms with Gasteiger partial charge in [-0.1, -0.05) is 19.8 Å². The second-order valence-corrected chi connectivity index (χ2v) is 9.03. The molecule has 1 fully saturated rings. The van der Waals surface area contributed by atoms with Crippen LogP contribution in [0.1, 0.15) is 62.7 Å². The Labute approximate surface area is 163 Å². The van der Waals surface area contributed by atoms with Crippen LogP contribution >= 0.6 is 0 Å². The van der Waals surface area contributed by atoms with E-state index in [0.29, 0.717) is 12.1 Å². The van der Waals surface area contributed by atoms with Gasteiger partial charge in [0.15, 0.2) is 0 Å². The van der Waals surface area contributed by atoms with Gasteiger partial charge < -0.3 is 10.2 Å². The number of likely N-dealkylation sites (tertiary alicyclic amines) is 1. The Balaban J connectivity index is 1.79. The van der Waals surface area contributed by atoms with E-state index < -0.39 is 10.0 Å². The van der Waals surface area contributed by atoms with Gasteiger partial charge in [-0.05, 0) is 76.5 Å². The quantitative estimate of drug-likeness (QED) is 0.630. The second-order valence-electron chi connectivity index (χ2n) is 7.32. The molecule has 1 aromatic carbocycles. The number of hydrogen-bond acceptors (Lipinski definition) is 4. The van der Waals surface area contributed by atoms with Gasteiger partial charge in [0.05, 0.1) is 4.90 Å². The van der Waals surface area contributed by atoms with Crippen LogP contribution in [0.2, 0.25) is 0 Å². The van der Waals surface area contributed by atoms with Gasteiger partial charge in [0.1, 0.15) is 0 Å². The number of nitrogens with zero attached hydrogens (tertiary/aromatic N) is 1. The van der Waals surface area contributed by atoms with E-state index in [1.807, 2.05) is 13.8 Å². The van der Waals surface area contributed by atoms with Crippen molar-refractivity contribution in [2.24, 2.45) is 0 Å². The summed E-state index contributed by atoms with van der Waals surface area (Å²) in [6, 6.07) is 5.97. The Hall–Kier alpha value is -1.44. The number of amides is 1. The van der Waals surface area contributed by atoms with Gasteiger partial charge in [0.2, 0.25) is 10.0 Å². The summed E-state index contributed by atoms with van der Waals surface area (Å²) in [6.45, 7) is 7.71. The van der Waals surface area contributed by atoms with Crippen LogP contribution in [0.3, 0.4) is 0 Å². The lowest BCUT2D eigenvalue weighted by molar-refractivity contribution is 0.0951. The summed E-state index contributed by atoms with van der Waals surface area (Å²) in [6.07, 6.45) is 6.84. The standard InChI is InChI=1S/C20H33N3O3S/c1-3-17(2)22-27(25,26)19-11-9-18(10-12-19)20(24)21-13-8-16-23-14-6-4-5-7-15-23/h9-12,17,22H,3-8,13-16H2,1-2H3,(H,21,24). The molecule has 1 heterocycles. The third-order valence-corrected chi connectivity index (χ3v) is 6.64. The number of carbonyl (C=O) groups excluding carboxylic acids is 1. The highest BCUT2D eigenvalue weighted by Crippen LogP contribution is 2.12. The molecule has 0 aromatic heterocycles. The topological polar surface area (TPSA) is 78.5 Å². The molecule has 2 rings (SSSR count). The number of nitrogens with one attached hydrogen (secondary N) is 2. The zero-order valence-electron chi connectivity index (χ0n) is 16.5. The van der Waals surface area contributed by atoms with Gasteiger partial charge in [-0.25, -0.2) is 13.1 Å². The molecule has 0 saturated carbocycles. The normalized spacial score (nSPS) is 17.3. The van der Waals surface area contributed by atoms with Crippen molar-refractivity contribution in [3.05, 3.63) is 29.8 Å². The smallest absolute Gasteiger partial charge is 0.251 e. The Morgan fingerprint density at radius 3 is 2.33 bits per heavy atom. The van der Waals surface area contributed by atoms with Gasteiger partial charge in [-0.3, -0.25) is 4.79 Å². The van der Waals surface area contributed by atoms with E-state index in [-0.39, 0.29) is 16.8 Å². The fraction of sp³-hybridized carbons (Fsp3) is 0.650. The molecular formula is C20H33N3O3S. The first-order valence-electron chi connectivity index (χ1n) is 10.1. The lowest BCUT2D eigenvalue weighted by Crippen LogP contribution is -2.32. The first-order chi connectivity index (χ1) is 12.9. The highest BCUT2D eigenvalue weighted by molar-refractivity contribution is 7.89. The van der Waals surface area contributed by atoms with Gasteiger partial charge in [-0.2, -0.15) is 0 Å². The van der Waals surface area contributed by atoms with Crippen LogP contribution < -0.4 is 10.0 Å². The third kappa shape index (κ3) is 7.24. The molecule has 27 heavy (non-hydrogen) atoms. The lowest BCUT2D eigenvalue weighted by Gasteiger charge is -2.19. The van der Waals surface area contributed by atoms with Crippen LogP contribution in [0, 0.1) is 0 Å². The SMILES string of the molecule is CCC(C)NS(=O)(=O)c1ccc(C(=O)NCCCN2CCCCCC2)cc1. The Morgan fingerprint density at radius 1 is 1.11 bits per heavy atom. The molecule has 1 aromatic rings. The number of benzene rings is 1. The average molecular weight is 396 g/mol. The fourth-order valence-corrected chi connectivity index (χ4v) is 4.49. The van der Waals surface area contributed by atoms with Crippen molar-refractivity contribution >= 4 is 15.9 Å². The summed E-state index contributed by atoms with van der Waals surface area (Å²) in [5.41, 5.74) is 0.479. The summed E-state index contributed by atoms with van der Waals surface area (Å²) in [4.78, 5) is 14.9. The molecule has 0 spiro atoms. The summed E-state index contributed by atoms with van der Waals surface area (Å²) < 4.78 is 27.1. The van der Waals surface area contributed by atoms with Crippen LogP contribution in [0.25, 0.3) is 0 Å². The highest BCUT2D eigenvalue weighted by atomic mass is 32.2. The first-order valence-corrected chi connectivity index (χ1v) is 11.5. The number of hydrogen-bond donors (Lipinski definition) is 2. The number of sulfonamides is 1. The van der Waals surface area contributed by atoms with Crippen molar-refractivity contribution in [1.82, 2.24) is 14.9 Å². The van der Waals surface area contributed by atoms with Crippen molar-refractivity contribution in [3.8, 4) is 0 Å². The van der Waals surface area contributed by atoms with Crippen molar-refractivity contribution < 1.29 is 13.2 Å². The second kappa shape index (κ2) is 10.8. The van der Waals surface area contributed by atoms with Crippen LogP contribution in [-0.4, -0.2) is 51.4 Å². The van der Waals surface area contributed by atoms with Gasteiger partial charge in [0.25, 0.3) is 5.91 Å². The van der Waals surface area contributed by atoms with Crippen molar-refractivity contribution in [2.45, 2.75) is 63.3 Å². The van der Waals surface area contributed by atoms with Gasteiger partial charge in [0, 0.05) is 18.2 Å². The largest absolute Gasteiger partial charge is 0.352 e. The maximum absolute atomic E-state index is 12.3. The maximum atomic E-state index is 12.3. The zero-order chi connectivity index (χ0) is 19.7. The zero-order valence-corrected chi connectivity index (χ0v) is 17.4. The van der Waals surface area contributed by atoms with Crippen molar-refractivity contribution in [3.63, 3.8) is 0 Å². The molecule has 1 atom stereocenters. The Kier molecular flexibility index (Phi) is 8.73. The predicted molar refractivity (Wildman–Crippen MR) is 108 cm³/mol. The molecule has 2 N–H and O–H groups in total. The third-order valence-electron chi connectivity index (χ3n) is 5.03. The van der Waals surface area contributed by atoms with Crippen LogP contribution in [0.5, 0.6) is 0 Å². The van der Waals surface area contributed by atoms with E-state index in [1.54, 1.807) is 12.1 Å². The first kappa shape index (κ1) is 21.9. The maximum Gasteiger partial charge on any atom is 0.251 e. The van der Waals surface area contributed by atoms with E-state index >= 15 is 0 Å². The molecule has 152 valence electrons. The molecule has 6 nitrogen and oxygen atoms in total. The van der Waals surface area contributed by atoms with E-state index in [9.17, 15) is 13.2 Å². The number of rotatable bonds is 9. The van der Waals surface area contributed by atoms with Crippen molar-refractivity contribution in [1.29, 1.82) is 0 Å². The van der Waals surface area contributed by atoms with Gasteiger partial charge >= 0.3 is 0 Å². The monoisotopic (exact) mass is 395 g/mol. The fourth-order valence-electron chi connectivity index (χ4n) is 3.17. The summed E-state index contributed by atoms with van der Waals surface area (Å²) in [7, 11) is -3.54. The van der Waals surface area contributed by atoms with Crippen molar-refractivity contribution in [2.75, 3.05) is 26.2 Å². The van der Waals surface area contributed by atoms with E-state index in [4.69, 9.17) is 0 Å². The molecule has 1 amide bonds. The predicted octanol–water partition coefficient (Wildman–Crippen LogP) is 2.76.